The molecule has 0 spiro atoms. The Bertz CT molecular complexity index is 480. The Balaban J connectivity index is 0.00000200. The van der Waals surface area contributed by atoms with Gasteiger partial charge in [0, 0.05) is 31.3 Å². The lowest BCUT2D eigenvalue weighted by molar-refractivity contribution is -0.384. The standard InChI is InChI=1S/C12H15N3O4.ClH/c13-9-5-6-14(7-9)12(16)8-19-11-3-1-10(2-4-11)15(17)18;/h1-4,9H,5-8,13H2;1H/t9-;/m1./s1. The van der Waals surface area contributed by atoms with Crippen molar-refractivity contribution >= 4 is 24.0 Å². The third kappa shape index (κ3) is 4.07. The fourth-order valence-electron chi connectivity index (χ4n) is 1.91. The highest BCUT2D eigenvalue weighted by Crippen LogP contribution is 2.17. The van der Waals surface area contributed by atoms with E-state index in [1.165, 1.54) is 24.3 Å². The summed E-state index contributed by atoms with van der Waals surface area (Å²) in [5.74, 6) is 0.314. The molecule has 0 unspecified atom stereocenters. The van der Waals surface area contributed by atoms with Crippen molar-refractivity contribution in [3.05, 3.63) is 34.4 Å². The van der Waals surface area contributed by atoms with Crippen molar-refractivity contribution in [1.29, 1.82) is 0 Å². The Hall–Kier alpha value is -1.86. The zero-order chi connectivity index (χ0) is 13.8. The van der Waals surface area contributed by atoms with Crippen molar-refractivity contribution < 1.29 is 14.5 Å². The van der Waals surface area contributed by atoms with Crippen LogP contribution in [0.3, 0.4) is 0 Å². The fraction of sp³-hybridized carbons (Fsp3) is 0.417. The number of ether oxygens (including phenoxy) is 1. The molecule has 7 nitrogen and oxygen atoms in total. The molecule has 0 aliphatic carbocycles. The van der Waals surface area contributed by atoms with E-state index in [2.05, 4.69) is 0 Å². The van der Waals surface area contributed by atoms with Crippen molar-refractivity contribution in [2.75, 3.05) is 19.7 Å². The van der Waals surface area contributed by atoms with Crippen molar-refractivity contribution in [3.8, 4) is 5.75 Å². The molecule has 1 aliphatic heterocycles. The molecule has 1 fully saturated rings. The second kappa shape index (κ2) is 7.06. The number of nitrogens with two attached hydrogens (primary N) is 1. The van der Waals surface area contributed by atoms with Crippen LogP contribution in [-0.4, -0.2) is 41.5 Å². The summed E-state index contributed by atoms with van der Waals surface area (Å²) in [6.07, 6.45) is 0.809. The third-order valence-corrected chi connectivity index (χ3v) is 2.99. The summed E-state index contributed by atoms with van der Waals surface area (Å²) in [6, 6.07) is 5.67. The van der Waals surface area contributed by atoms with Gasteiger partial charge in [-0.05, 0) is 18.6 Å². The summed E-state index contributed by atoms with van der Waals surface area (Å²) >= 11 is 0. The molecule has 1 aliphatic rings. The molecule has 2 N–H and O–H groups in total. The van der Waals surface area contributed by atoms with E-state index in [9.17, 15) is 14.9 Å². The van der Waals surface area contributed by atoms with Crippen LogP contribution < -0.4 is 10.5 Å². The second-order valence-corrected chi connectivity index (χ2v) is 4.43. The normalized spacial score (nSPS) is 17.4. The zero-order valence-electron chi connectivity index (χ0n) is 10.7. The monoisotopic (exact) mass is 301 g/mol. The fourth-order valence-corrected chi connectivity index (χ4v) is 1.91. The Kier molecular flexibility index (Phi) is 5.72. The molecule has 2 rings (SSSR count). The van der Waals surface area contributed by atoms with E-state index in [4.69, 9.17) is 10.5 Å². The van der Waals surface area contributed by atoms with Crippen LogP contribution in [0.1, 0.15) is 6.42 Å². The van der Waals surface area contributed by atoms with E-state index in [0.29, 0.717) is 18.8 Å². The second-order valence-electron chi connectivity index (χ2n) is 4.43. The highest BCUT2D eigenvalue weighted by atomic mass is 35.5. The van der Waals surface area contributed by atoms with Gasteiger partial charge in [-0.1, -0.05) is 0 Å². The van der Waals surface area contributed by atoms with Crippen LogP contribution in [0.4, 0.5) is 5.69 Å². The van der Waals surface area contributed by atoms with E-state index in [1.807, 2.05) is 0 Å². The number of carbonyl (C=O) groups excluding carboxylic acids is 1. The molecule has 1 atom stereocenters. The molecule has 1 aromatic rings. The third-order valence-electron chi connectivity index (χ3n) is 2.99. The van der Waals surface area contributed by atoms with Gasteiger partial charge in [-0.2, -0.15) is 0 Å². The van der Waals surface area contributed by atoms with Crippen LogP contribution in [-0.2, 0) is 4.79 Å². The molecule has 1 saturated heterocycles. The van der Waals surface area contributed by atoms with Crippen LogP contribution >= 0.6 is 12.4 Å². The van der Waals surface area contributed by atoms with Gasteiger partial charge < -0.3 is 15.4 Å². The summed E-state index contributed by atoms with van der Waals surface area (Å²) in [5, 5.41) is 10.5. The van der Waals surface area contributed by atoms with E-state index >= 15 is 0 Å². The van der Waals surface area contributed by atoms with Crippen LogP contribution in [0.15, 0.2) is 24.3 Å². The quantitative estimate of drug-likeness (QED) is 0.659. The number of non-ortho nitro benzene ring substituents is 1. The molecule has 0 saturated carbocycles. The molecular weight excluding hydrogens is 286 g/mol. The summed E-state index contributed by atoms with van der Waals surface area (Å²) in [4.78, 5) is 23.4. The summed E-state index contributed by atoms with van der Waals surface area (Å²) < 4.78 is 5.30. The minimum absolute atomic E-state index is 0. The average molecular weight is 302 g/mol. The maximum absolute atomic E-state index is 11.8. The molecule has 1 aromatic carbocycles. The van der Waals surface area contributed by atoms with Gasteiger partial charge in [-0.3, -0.25) is 14.9 Å². The lowest BCUT2D eigenvalue weighted by atomic mass is 10.3. The highest BCUT2D eigenvalue weighted by molar-refractivity contribution is 5.85. The van der Waals surface area contributed by atoms with Gasteiger partial charge in [0.1, 0.15) is 5.75 Å². The maximum Gasteiger partial charge on any atom is 0.269 e. The van der Waals surface area contributed by atoms with Crippen molar-refractivity contribution in [2.24, 2.45) is 5.73 Å². The SMILES string of the molecule is Cl.N[C@@H]1CCN(C(=O)COc2ccc([N+](=O)[O-])cc2)C1. The zero-order valence-corrected chi connectivity index (χ0v) is 11.5. The van der Waals surface area contributed by atoms with Gasteiger partial charge in [0.25, 0.3) is 11.6 Å². The Labute approximate surface area is 122 Å². The number of rotatable bonds is 4. The molecule has 0 bridgehead atoms. The summed E-state index contributed by atoms with van der Waals surface area (Å²) in [6.45, 7) is 1.14. The Morgan fingerprint density at radius 3 is 2.60 bits per heavy atom. The summed E-state index contributed by atoms with van der Waals surface area (Å²) in [5.41, 5.74) is 5.71. The lowest BCUT2D eigenvalue weighted by Crippen LogP contribution is -2.35. The van der Waals surface area contributed by atoms with Gasteiger partial charge in [0.2, 0.25) is 0 Å². The van der Waals surface area contributed by atoms with Gasteiger partial charge in [0.05, 0.1) is 4.92 Å². The number of benzene rings is 1. The van der Waals surface area contributed by atoms with E-state index < -0.39 is 4.92 Å². The predicted molar refractivity (Wildman–Crippen MR) is 75.0 cm³/mol. The maximum atomic E-state index is 11.8. The number of hydrogen-bond acceptors (Lipinski definition) is 5. The first-order valence-electron chi connectivity index (χ1n) is 5.97. The molecule has 110 valence electrons. The predicted octanol–water partition coefficient (Wildman–Crippen LogP) is 0.955. The minimum atomic E-state index is -0.486. The molecule has 1 amide bonds. The minimum Gasteiger partial charge on any atom is -0.484 e. The van der Waals surface area contributed by atoms with Crippen molar-refractivity contribution in [1.82, 2.24) is 4.90 Å². The molecule has 0 aromatic heterocycles. The van der Waals surface area contributed by atoms with Gasteiger partial charge >= 0.3 is 0 Å². The number of carbonyl (C=O) groups is 1. The number of nitro benzene ring substituents is 1. The lowest BCUT2D eigenvalue weighted by Gasteiger charge is -2.15. The smallest absolute Gasteiger partial charge is 0.269 e. The first-order valence-corrected chi connectivity index (χ1v) is 5.97. The van der Waals surface area contributed by atoms with Crippen LogP contribution in [0, 0.1) is 10.1 Å². The van der Waals surface area contributed by atoms with E-state index in [1.54, 1.807) is 4.90 Å². The number of hydrogen-bond donors (Lipinski definition) is 1. The average Bonchev–Trinajstić information content (AvgIpc) is 2.83. The van der Waals surface area contributed by atoms with Gasteiger partial charge in [0.15, 0.2) is 6.61 Å². The van der Waals surface area contributed by atoms with Crippen LogP contribution in [0.25, 0.3) is 0 Å². The number of halogens is 1. The molecule has 1 heterocycles. The topological polar surface area (TPSA) is 98.7 Å². The first-order chi connectivity index (χ1) is 9.06. The number of likely N-dealkylation sites (tertiary alicyclic amines) is 1. The van der Waals surface area contributed by atoms with Gasteiger partial charge in [-0.15, -0.1) is 12.4 Å². The first kappa shape index (κ1) is 16.2. The molecule has 8 heteroatoms. The van der Waals surface area contributed by atoms with Crippen LogP contribution in [0.5, 0.6) is 5.75 Å². The van der Waals surface area contributed by atoms with Crippen molar-refractivity contribution in [2.45, 2.75) is 12.5 Å². The van der Waals surface area contributed by atoms with E-state index in [-0.39, 0.29) is 36.7 Å². The van der Waals surface area contributed by atoms with Crippen LogP contribution in [0.2, 0.25) is 0 Å². The number of nitro groups is 1. The Morgan fingerprint density at radius 2 is 2.10 bits per heavy atom. The molecule has 20 heavy (non-hydrogen) atoms. The highest BCUT2D eigenvalue weighted by Gasteiger charge is 2.23. The number of amides is 1. The van der Waals surface area contributed by atoms with Crippen molar-refractivity contribution in [3.63, 3.8) is 0 Å². The largest absolute Gasteiger partial charge is 0.484 e. The molecular formula is C12H16ClN3O4. The summed E-state index contributed by atoms with van der Waals surface area (Å²) in [7, 11) is 0. The van der Waals surface area contributed by atoms with E-state index in [0.717, 1.165) is 6.42 Å². The number of nitrogens with zero attached hydrogens (tertiary/aromatic N) is 2. The molecule has 0 radical (unpaired) electrons. The Morgan fingerprint density at radius 1 is 1.45 bits per heavy atom. The van der Waals surface area contributed by atoms with Gasteiger partial charge in [-0.25, -0.2) is 0 Å².